The zero-order chi connectivity index (χ0) is 16.5. The third-order valence-electron chi connectivity index (χ3n) is 3.56. The van der Waals surface area contributed by atoms with E-state index in [1.165, 1.54) is 0 Å². The number of hydrogen-bond acceptors (Lipinski definition) is 4. The summed E-state index contributed by atoms with van der Waals surface area (Å²) in [5, 5.41) is 11.5. The number of unbranched alkanes of at least 4 members (excludes halogenated alkanes) is 1. The molecule has 0 aliphatic carbocycles. The highest BCUT2D eigenvalue weighted by atomic mass is 32.2. The molecule has 0 aromatic rings. The van der Waals surface area contributed by atoms with Crippen molar-refractivity contribution in [2.45, 2.75) is 52.0 Å². The van der Waals surface area contributed by atoms with Gasteiger partial charge in [-0.1, -0.05) is 13.8 Å². The van der Waals surface area contributed by atoms with Crippen molar-refractivity contribution in [3.8, 4) is 0 Å². The van der Waals surface area contributed by atoms with E-state index in [4.69, 9.17) is 5.11 Å². The first-order valence-corrected chi connectivity index (χ1v) is 8.94. The Morgan fingerprint density at radius 3 is 2.59 bits per heavy atom. The molecule has 1 aliphatic rings. The first kappa shape index (κ1) is 18.8. The van der Waals surface area contributed by atoms with Gasteiger partial charge < -0.3 is 15.3 Å². The van der Waals surface area contributed by atoms with Crippen LogP contribution in [-0.2, 0) is 14.4 Å². The van der Waals surface area contributed by atoms with Crippen LogP contribution in [0.1, 0.15) is 46.0 Å². The number of amides is 2. The largest absolute Gasteiger partial charge is 0.481 e. The number of nitrogens with zero attached hydrogens (tertiary/aromatic N) is 1. The second-order valence-corrected chi connectivity index (χ2v) is 6.95. The minimum absolute atomic E-state index is 0.0561. The Bertz CT molecular complexity index is 401. The van der Waals surface area contributed by atoms with Crippen LogP contribution in [0.4, 0.5) is 0 Å². The Kier molecular flexibility index (Phi) is 8.30. The summed E-state index contributed by atoms with van der Waals surface area (Å²) in [4.78, 5) is 36.4. The predicted octanol–water partition coefficient (Wildman–Crippen LogP) is 1.70. The molecular formula is C15H26N2O4S. The molecule has 1 aliphatic heterocycles. The lowest BCUT2D eigenvalue weighted by molar-refractivity contribution is -0.138. The van der Waals surface area contributed by atoms with Gasteiger partial charge in [-0.25, -0.2) is 0 Å². The molecule has 0 bridgehead atoms. The van der Waals surface area contributed by atoms with Gasteiger partial charge in [0.25, 0.3) is 0 Å². The normalized spacial score (nSPS) is 17.8. The standard InChI is InChI=1S/C15H26N2O4S/c1-11(2)7-8-16-15(21)12-9-22-10-17(12)13(18)5-3-4-6-14(19)20/h11-12H,3-10H2,1-2H3,(H,16,21)(H,19,20). The first-order valence-electron chi connectivity index (χ1n) is 7.78. The van der Waals surface area contributed by atoms with Crippen molar-refractivity contribution in [1.29, 1.82) is 0 Å². The van der Waals surface area contributed by atoms with Crippen LogP contribution in [-0.4, -0.2) is 52.0 Å². The zero-order valence-corrected chi connectivity index (χ0v) is 14.2. The van der Waals surface area contributed by atoms with Crippen molar-refractivity contribution in [2.75, 3.05) is 18.2 Å². The summed E-state index contributed by atoms with van der Waals surface area (Å²) in [6, 6.07) is -0.385. The van der Waals surface area contributed by atoms with Gasteiger partial charge in [0.1, 0.15) is 6.04 Å². The highest BCUT2D eigenvalue weighted by Gasteiger charge is 2.33. The zero-order valence-electron chi connectivity index (χ0n) is 13.3. The molecule has 1 unspecified atom stereocenters. The molecule has 2 N–H and O–H groups in total. The fourth-order valence-corrected chi connectivity index (χ4v) is 3.38. The van der Waals surface area contributed by atoms with E-state index in [1.807, 2.05) is 0 Å². The van der Waals surface area contributed by atoms with E-state index >= 15 is 0 Å². The Morgan fingerprint density at radius 1 is 1.27 bits per heavy atom. The number of thioether (sulfide) groups is 1. The van der Waals surface area contributed by atoms with Crippen LogP contribution in [0.15, 0.2) is 0 Å². The number of nitrogens with one attached hydrogen (secondary N) is 1. The molecule has 1 rings (SSSR count). The maximum Gasteiger partial charge on any atom is 0.303 e. The van der Waals surface area contributed by atoms with E-state index in [2.05, 4.69) is 19.2 Å². The maximum absolute atomic E-state index is 12.2. The van der Waals surface area contributed by atoms with E-state index in [1.54, 1.807) is 16.7 Å². The summed E-state index contributed by atoms with van der Waals surface area (Å²) in [5.41, 5.74) is 0. The van der Waals surface area contributed by atoms with Gasteiger partial charge in [0.15, 0.2) is 0 Å². The summed E-state index contributed by atoms with van der Waals surface area (Å²) >= 11 is 1.58. The van der Waals surface area contributed by atoms with Crippen LogP contribution in [0.5, 0.6) is 0 Å². The number of carbonyl (C=O) groups is 3. The third-order valence-corrected chi connectivity index (χ3v) is 4.57. The minimum atomic E-state index is -0.841. The van der Waals surface area contributed by atoms with Crippen LogP contribution < -0.4 is 5.32 Å². The fraction of sp³-hybridized carbons (Fsp3) is 0.800. The second kappa shape index (κ2) is 9.71. The molecular weight excluding hydrogens is 304 g/mol. The van der Waals surface area contributed by atoms with Gasteiger partial charge in [-0.15, -0.1) is 11.8 Å². The molecule has 1 atom stereocenters. The van der Waals surface area contributed by atoms with Gasteiger partial charge in [0.2, 0.25) is 11.8 Å². The first-order chi connectivity index (χ1) is 10.4. The Morgan fingerprint density at radius 2 is 1.95 bits per heavy atom. The molecule has 7 heteroatoms. The van der Waals surface area contributed by atoms with E-state index in [9.17, 15) is 14.4 Å². The van der Waals surface area contributed by atoms with Gasteiger partial charge in [-0.05, 0) is 25.2 Å². The number of aliphatic carboxylic acids is 1. The quantitative estimate of drug-likeness (QED) is 0.628. The molecule has 0 aromatic heterocycles. The predicted molar refractivity (Wildman–Crippen MR) is 86.5 cm³/mol. The lowest BCUT2D eigenvalue weighted by Gasteiger charge is -2.23. The highest BCUT2D eigenvalue weighted by Crippen LogP contribution is 2.22. The lowest BCUT2D eigenvalue weighted by Crippen LogP contribution is -2.47. The minimum Gasteiger partial charge on any atom is -0.481 e. The Balaban J connectivity index is 2.36. The monoisotopic (exact) mass is 330 g/mol. The van der Waals surface area contributed by atoms with Crippen molar-refractivity contribution >= 4 is 29.5 Å². The number of carboxylic acid groups (broad SMARTS) is 1. The lowest BCUT2D eigenvalue weighted by atomic mass is 10.1. The molecule has 0 saturated carbocycles. The van der Waals surface area contributed by atoms with E-state index in [0.29, 0.717) is 43.4 Å². The van der Waals surface area contributed by atoms with Gasteiger partial charge in [0.05, 0.1) is 5.88 Å². The second-order valence-electron chi connectivity index (χ2n) is 5.95. The van der Waals surface area contributed by atoms with Gasteiger partial charge in [-0.3, -0.25) is 14.4 Å². The molecule has 126 valence electrons. The smallest absolute Gasteiger partial charge is 0.303 e. The summed E-state index contributed by atoms with van der Waals surface area (Å²) in [7, 11) is 0. The highest BCUT2D eigenvalue weighted by molar-refractivity contribution is 7.99. The number of carboxylic acids is 1. The van der Waals surface area contributed by atoms with Crippen LogP contribution in [0.2, 0.25) is 0 Å². The molecule has 0 aromatic carbocycles. The van der Waals surface area contributed by atoms with E-state index < -0.39 is 5.97 Å². The maximum atomic E-state index is 12.2. The summed E-state index contributed by atoms with van der Waals surface area (Å²) < 4.78 is 0. The molecule has 0 spiro atoms. The van der Waals surface area contributed by atoms with E-state index in [-0.39, 0.29) is 24.3 Å². The van der Waals surface area contributed by atoms with Crippen molar-refractivity contribution in [3.05, 3.63) is 0 Å². The summed E-state index contributed by atoms with van der Waals surface area (Å²) in [5.74, 6) is 0.731. The molecule has 0 radical (unpaired) electrons. The third kappa shape index (κ3) is 6.68. The Labute approximate surface area is 136 Å². The molecule has 1 fully saturated rings. The fourth-order valence-electron chi connectivity index (χ4n) is 2.20. The van der Waals surface area contributed by atoms with Crippen LogP contribution >= 0.6 is 11.8 Å². The van der Waals surface area contributed by atoms with E-state index in [0.717, 1.165) is 6.42 Å². The van der Waals surface area contributed by atoms with Crippen molar-refractivity contribution in [1.82, 2.24) is 10.2 Å². The van der Waals surface area contributed by atoms with Crippen LogP contribution in [0.25, 0.3) is 0 Å². The van der Waals surface area contributed by atoms with Gasteiger partial charge in [-0.2, -0.15) is 0 Å². The number of rotatable bonds is 9. The van der Waals surface area contributed by atoms with Crippen LogP contribution in [0.3, 0.4) is 0 Å². The number of hydrogen-bond donors (Lipinski definition) is 2. The molecule has 2 amide bonds. The topological polar surface area (TPSA) is 86.7 Å². The summed E-state index contributed by atoms with van der Waals surface area (Å²) in [6.45, 7) is 4.84. The van der Waals surface area contributed by atoms with Crippen molar-refractivity contribution in [2.24, 2.45) is 5.92 Å². The average Bonchev–Trinajstić information content (AvgIpc) is 2.92. The van der Waals surface area contributed by atoms with Crippen molar-refractivity contribution < 1.29 is 19.5 Å². The van der Waals surface area contributed by atoms with Gasteiger partial charge >= 0.3 is 5.97 Å². The SMILES string of the molecule is CC(C)CCNC(=O)C1CSCN1C(=O)CCCCC(=O)O. The average molecular weight is 330 g/mol. The molecule has 22 heavy (non-hydrogen) atoms. The molecule has 1 saturated heterocycles. The van der Waals surface area contributed by atoms with Crippen LogP contribution in [0, 0.1) is 5.92 Å². The Hall–Kier alpha value is -1.24. The molecule has 6 nitrogen and oxygen atoms in total. The molecule has 1 heterocycles. The van der Waals surface area contributed by atoms with Gasteiger partial charge in [0, 0.05) is 25.1 Å². The number of carbonyl (C=O) groups excluding carboxylic acids is 2. The summed E-state index contributed by atoms with van der Waals surface area (Å²) in [6.07, 6.45) is 2.36. The van der Waals surface area contributed by atoms with Crippen molar-refractivity contribution in [3.63, 3.8) is 0 Å².